The quantitative estimate of drug-likeness (QED) is 0.286. The van der Waals surface area contributed by atoms with E-state index in [1.54, 1.807) is 19.2 Å². The molecule has 0 radical (unpaired) electrons. The molecule has 0 aromatic heterocycles. The molecule has 0 amide bonds. The summed E-state index contributed by atoms with van der Waals surface area (Å²) in [5.74, 6) is 0.0935. The highest BCUT2D eigenvalue weighted by Crippen LogP contribution is 2.32. The number of carboxylic acids is 1. The number of methoxy groups -OCH3 is 1. The highest BCUT2D eigenvalue weighted by molar-refractivity contribution is 5.70. The van der Waals surface area contributed by atoms with Crippen LogP contribution in [0.4, 0.5) is 4.39 Å². The molecular weight excluding hydrogens is 447 g/mol. The Kier molecular flexibility index (Phi) is 9.67. The molecule has 0 aliphatic carbocycles. The summed E-state index contributed by atoms with van der Waals surface area (Å²) in [5.41, 5.74) is 3.95. The normalized spacial score (nSPS) is 11.8. The second kappa shape index (κ2) is 12.9. The largest absolute Gasteiger partial charge is 0.497 e. The maximum atomic E-state index is 14.6. The summed E-state index contributed by atoms with van der Waals surface area (Å²) in [6.07, 6.45) is 1.81. The summed E-state index contributed by atoms with van der Waals surface area (Å²) in [7, 11) is 1.56. The number of aliphatic carboxylic acids is 1. The molecule has 0 aliphatic heterocycles. The molecule has 1 atom stereocenters. The number of rotatable bonds is 13. The molecule has 0 fully saturated rings. The smallest absolute Gasteiger partial charge is 0.303 e. The van der Waals surface area contributed by atoms with Crippen LogP contribution in [0.5, 0.6) is 11.5 Å². The predicted molar refractivity (Wildman–Crippen MR) is 134 cm³/mol. The van der Waals surface area contributed by atoms with Gasteiger partial charge in [0, 0.05) is 12.2 Å². The Hall–Kier alpha value is -3.38. The molecule has 5 nitrogen and oxygen atoms in total. The molecule has 6 heteroatoms. The highest BCUT2D eigenvalue weighted by Gasteiger charge is 2.16. The molecule has 1 N–H and O–H groups in total. The average Bonchev–Trinajstić information content (AvgIpc) is 2.86. The fourth-order valence-corrected chi connectivity index (χ4v) is 4.14. The van der Waals surface area contributed by atoms with Gasteiger partial charge in [0.05, 0.1) is 20.1 Å². The Morgan fingerprint density at radius 3 is 2.51 bits per heavy atom. The van der Waals surface area contributed by atoms with E-state index in [1.807, 2.05) is 49.4 Å². The van der Waals surface area contributed by atoms with Crippen LogP contribution in [0, 0.1) is 5.82 Å². The first-order valence-corrected chi connectivity index (χ1v) is 11.9. The molecule has 0 aliphatic rings. The van der Waals surface area contributed by atoms with Gasteiger partial charge in [0.1, 0.15) is 23.9 Å². The van der Waals surface area contributed by atoms with Crippen LogP contribution in [0.1, 0.15) is 55.7 Å². The van der Waals surface area contributed by atoms with Gasteiger partial charge in [0.15, 0.2) is 0 Å². The topological polar surface area (TPSA) is 65.0 Å². The summed E-state index contributed by atoms with van der Waals surface area (Å²) < 4.78 is 31.6. The van der Waals surface area contributed by atoms with Crippen molar-refractivity contribution in [3.8, 4) is 22.6 Å². The van der Waals surface area contributed by atoms with Crippen molar-refractivity contribution in [1.82, 2.24) is 0 Å². The number of carboxylic acid groups (broad SMARTS) is 1. The number of halogens is 1. The summed E-state index contributed by atoms with van der Waals surface area (Å²) >= 11 is 0. The minimum atomic E-state index is -0.802. The average molecular weight is 481 g/mol. The van der Waals surface area contributed by atoms with Crippen LogP contribution < -0.4 is 9.47 Å². The van der Waals surface area contributed by atoms with Crippen LogP contribution in [0.3, 0.4) is 0 Å². The standard InChI is InChI=1S/C29H33FO5/c1-4-7-21(16-29(31)32)22-8-6-9-25(15-22)35-18-20-10-12-26(23(14-20)19-34-5-2)27-17-24(33-3)11-13-28(27)30/h6,8-15,17,21H,4-5,7,16,18-19H2,1-3H3,(H,31,32)/t21-/m0/s1. The van der Waals surface area contributed by atoms with E-state index in [1.165, 1.54) is 6.07 Å². The van der Waals surface area contributed by atoms with Gasteiger partial charge in [-0.2, -0.15) is 0 Å². The van der Waals surface area contributed by atoms with Gasteiger partial charge in [-0.25, -0.2) is 4.39 Å². The Balaban J connectivity index is 1.82. The van der Waals surface area contributed by atoms with E-state index in [4.69, 9.17) is 14.2 Å². The number of hydrogen-bond donors (Lipinski definition) is 1. The summed E-state index contributed by atoms with van der Waals surface area (Å²) in [4.78, 5) is 11.3. The number of hydrogen-bond acceptors (Lipinski definition) is 4. The Morgan fingerprint density at radius 1 is 0.971 bits per heavy atom. The van der Waals surface area contributed by atoms with Crippen LogP contribution in [0.25, 0.3) is 11.1 Å². The Bertz CT molecular complexity index is 1130. The predicted octanol–water partition coefficient (Wildman–Crippen LogP) is 6.98. The van der Waals surface area contributed by atoms with Gasteiger partial charge in [-0.15, -0.1) is 0 Å². The lowest BCUT2D eigenvalue weighted by molar-refractivity contribution is -0.137. The molecule has 0 heterocycles. The third-order valence-corrected chi connectivity index (χ3v) is 5.89. The Morgan fingerprint density at radius 2 is 1.80 bits per heavy atom. The van der Waals surface area contributed by atoms with Crippen LogP contribution >= 0.6 is 0 Å². The molecule has 0 unspecified atom stereocenters. The third kappa shape index (κ3) is 7.30. The molecule has 3 rings (SSSR count). The lowest BCUT2D eigenvalue weighted by Crippen LogP contribution is -2.06. The van der Waals surface area contributed by atoms with Crippen molar-refractivity contribution >= 4 is 5.97 Å². The molecule has 0 saturated carbocycles. The Labute approximate surface area is 206 Å². The van der Waals surface area contributed by atoms with E-state index in [0.717, 1.165) is 35.1 Å². The van der Waals surface area contributed by atoms with Gasteiger partial charge < -0.3 is 19.3 Å². The van der Waals surface area contributed by atoms with Crippen molar-refractivity contribution in [3.05, 3.63) is 83.2 Å². The summed E-state index contributed by atoms with van der Waals surface area (Å²) in [6.45, 7) is 5.18. The molecule has 0 saturated heterocycles. The molecule has 0 bridgehead atoms. The van der Waals surface area contributed by atoms with Crippen molar-refractivity contribution in [2.45, 2.75) is 52.2 Å². The first-order chi connectivity index (χ1) is 16.9. The molecule has 0 spiro atoms. The van der Waals surface area contributed by atoms with Crippen molar-refractivity contribution in [2.24, 2.45) is 0 Å². The molecule has 3 aromatic carbocycles. The highest BCUT2D eigenvalue weighted by atomic mass is 19.1. The number of benzene rings is 3. The van der Waals surface area contributed by atoms with Gasteiger partial charge in [-0.05, 0) is 77.9 Å². The number of carbonyl (C=O) groups is 1. The van der Waals surface area contributed by atoms with Crippen molar-refractivity contribution in [3.63, 3.8) is 0 Å². The van der Waals surface area contributed by atoms with Gasteiger partial charge in [-0.1, -0.05) is 37.6 Å². The molecule has 35 heavy (non-hydrogen) atoms. The maximum absolute atomic E-state index is 14.6. The lowest BCUT2D eigenvalue weighted by Gasteiger charge is -2.17. The summed E-state index contributed by atoms with van der Waals surface area (Å²) in [6, 6.07) is 18.1. The second-order valence-corrected chi connectivity index (χ2v) is 8.42. The zero-order valence-corrected chi connectivity index (χ0v) is 20.6. The second-order valence-electron chi connectivity index (χ2n) is 8.42. The fourth-order valence-electron chi connectivity index (χ4n) is 4.14. The van der Waals surface area contributed by atoms with Gasteiger partial charge >= 0.3 is 5.97 Å². The molecular formula is C29H33FO5. The first kappa shape index (κ1) is 26.2. The minimum absolute atomic E-state index is 0.0455. The SMILES string of the molecule is CCC[C@@H](CC(=O)O)c1cccc(OCc2ccc(-c3cc(OC)ccc3F)c(COCC)c2)c1. The van der Waals surface area contributed by atoms with Crippen LogP contribution in [-0.2, 0) is 22.7 Å². The number of ether oxygens (including phenoxy) is 3. The van der Waals surface area contributed by atoms with Crippen molar-refractivity contribution < 1.29 is 28.5 Å². The molecule has 186 valence electrons. The zero-order chi connectivity index (χ0) is 25.2. The maximum Gasteiger partial charge on any atom is 0.303 e. The van der Waals surface area contributed by atoms with E-state index in [9.17, 15) is 14.3 Å². The van der Waals surface area contributed by atoms with E-state index in [0.29, 0.717) is 36.9 Å². The van der Waals surface area contributed by atoms with Gasteiger partial charge in [0.2, 0.25) is 0 Å². The van der Waals surface area contributed by atoms with Crippen molar-refractivity contribution in [2.75, 3.05) is 13.7 Å². The van der Waals surface area contributed by atoms with Crippen molar-refractivity contribution in [1.29, 1.82) is 0 Å². The van der Waals surface area contributed by atoms with E-state index < -0.39 is 5.97 Å². The van der Waals surface area contributed by atoms with Crippen LogP contribution in [0.15, 0.2) is 60.7 Å². The fraction of sp³-hybridized carbons (Fsp3) is 0.345. The monoisotopic (exact) mass is 480 g/mol. The van der Waals surface area contributed by atoms with Crippen LogP contribution in [0.2, 0.25) is 0 Å². The zero-order valence-electron chi connectivity index (χ0n) is 20.6. The third-order valence-electron chi connectivity index (χ3n) is 5.89. The molecule has 3 aromatic rings. The lowest BCUT2D eigenvalue weighted by atomic mass is 9.91. The van der Waals surface area contributed by atoms with E-state index in [-0.39, 0.29) is 18.2 Å². The van der Waals surface area contributed by atoms with E-state index >= 15 is 0 Å². The van der Waals surface area contributed by atoms with E-state index in [2.05, 4.69) is 6.92 Å². The van der Waals surface area contributed by atoms with Gasteiger partial charge in [0.25, 0.3) is 0 Å². The van der Waals surface area contributed by atoms with Crippen LogP contribution in [-0.4, -0.2) is 24.8 Å². The summed E-state index contributed by atoms with van der Waals surface area (Å²) in [5, 5.41) is 9.26. The minimum Gasteiger partial charge on any atom is -0.497 e. The first-order valence-electron chi connectivity index (χ1n) is 11.9. The van der Waals surface area contributed by atoms with Gasteiger partial charge in [-0.3, -0.25) is 4.79 Å².